The number of carbonyl (C=O) groups excluding carboxylic acids is 1. The lowest BCUT2D eigenvalue weighted by Crippen LogP contribution is -2.23. The van der Waals surface area contributed by atoms with E-state index in [1.54, 1.807) is 38.1 Å². The summed E-state index contributed by atoms with van der Waals surface area (Å²) in [5.74, 6) is -1.04. The van der Waals surface area contributed by atoms with Gasteiger partial charge in [0, 0.05) is 28.1 Å². The van der Waals surface area contributed by atoms with Crippen molar-refractivity contribution >= 4 is 34.4 Å². The van der Waals surface area contributed by atoms with E-state index in [0.717, 1.165) is 16.6 Å². The number of fused-ring (bicyclic) bond motifs is 1. The van der Waals surface area contributed by atoms with Crippen LogP contribution in [0.3, 0.4) is 0 Å². The predicted molar refractivity (Wildman–Crippen MR) is 158 cm³/mol. The van der Waals surface area contributed by atoms with Gasteiger partial charge in [0.25, 0.3) is 0 Å². The number of nitrogens with one attached hydrogen (secondary N) is 1. The monoisotopic (exact) mass is 552 g/mol. The minimum atomic E-state index is -1.17. The average molecular weight is 553 g/mol. The van der Waals surface area contributed by atoms with Crippen molar-refractivity contribution in [3.63, 3.8) is 0 Å². The topological polar surface area (TPSA) is 103 Å². The van der Waals surface area contributed by atoms with E-state index in [4.69, 9.17) is 11.6 Å². The lowest BCUT2D eigenvalue weighted by molar-refractivity contribution is 0.0607. The third kappa shape index (κ3) is 5.83. The van der Waals surface area contributed by atoms with Gasteiger partial charge in [-0.3, -0.25) is 4.79 Å². The minimum absolute atomic E-state index is 0.0324. The summed E-state index contributed by atoms with van der Waals surface area (Å²) >= 11 is 6.66. The van der Waals surface area contributed by atoms with Crippen LogP contribution in [0, 0.1) is 0 Å². The van der Waals surface area contributed by atoms with E-state index in [0.29, 0.717) is 34.0 Å². The van der Waals surface area contributed by atoms with Crippen LogP contribution < -0.4 is 0 Å². The van der Waals surface area contributed by atoms with E-state index in [9.17, 15) is 19.8 Å². The van der Waals surface area contributed by atoms with Crippen LogP contribution >= 0.6 is 11.6 Å². The second-order valence-electron chi connectivity index (χ2n) is 10.6. The third-order valence-corrected chi connectivity index (χ3v) is 7.26. The van der Waals surface area contributed by atoms with E-state index in [1.807, 2.05) is 60.7 Å². The number of carbonyl (C=O) groups is 2. The summed E-state index contributed by atoms with van der Waals surface area (Å²) in [6, 6.07) is 27.2. The number of Topliss-reactive ketones (excluding diaryl/α,β-unsaturated/α-hetero) is 1. The molecule has 1 atom stereocenters. The minimum Gasteiger partial charge on any atom is -0.478 e. The van der Waals surface area contributed by atoms with Crippen LogP contribution in [0.15, 0.2) is 91.0 Å². The molecular weight excluding hydrogens is 524 g/mol. The standard InChI is InChI=1S/C33H29ClN2O4/c1-33(2,40)19-22(20-9-4-3-5-10-20)18-29(37)21-15-16-23(25(17-21)32(38)39)30-24(11-8-12-26(30)34)31-35-27-13-6-7-14-28(27)36-31/h3-17,22,40H,18-19H2,1-2H3,(H,35,36)(H,38,39)/t22-/m1/s1. The molecule has 7 heteroatoms. The summed E-state index contributed by atoms with van der Waals surface area (Å²) in [6.07, 6.45) is 0.510. The van der Waals surface area contributed by atoms with Gasteiger partial charge in [-0.15, -0.1) is 0 Å². The number of nitrogens with zero attached hydrogens (tertiary/aromatic N) is 1. The van der Waals surface area contributed by atoms with Crippen LogP contribution in [-0.2, 0) is 0 Å². The number of carboxylic acid groups (broad SMARTS) is 1. The fourth-order valence-corrected chi connectivity index (χ4v) is 5.44. The van der Waals surface area contributed by atoms with Crippen LogP contribution in [0.5, 0.6) is 0 Å². The highest BCUT2D eigenvalue weighted by Crippen LogP contribution is 2.39. The zero-order valence-electron chi connectivity index (χ0n) is 22.2. The van der Waals surface area contributed by atoms with Crippen molar-refractivity contribution < 1.29 is 19.8 Å². The summed E-state index contributed by atoms with van der Waals surface area (Å²) in [4.78, 5) is 33.9. The summed E-state index contributed by atoms with van der Waals surface area (Å²) in [5.41, 5.74) is 3.41. The normalized spacial score (nSPS) is 12.4. The van der Waals surface area contributed by atoms with Crippen LogP contribution in [0.1, 0.15) is 58.9 Å². The van der Waals surface area contributed by atoms with Crippen molar-refractivity contribution in [1.82, 2.24) is 9.97 Å². The Morgan fingerprint density at radius 3 is 2.35 bits per heavy atom. The van der Waals surface area contributed by atoms with E-state index in [-0.39, 0.29) is 29.2 Å². The number of aromatic carboxylic acids is 1. The first-order valence-electron chi connectivity index (χ1n) is 13.0. The average Bonchev–Trinajstić information content (AvgIpc) is 3.36. The number of halogens is 1. The molecule has 4 aromatic carbocycles. The van der Waals surface area contributed by atoms with Gasteiger partial charge in [0.2, 0.25) is 0 Å². The maximum absolute atomic E-state index is 13.5. The number of hydrogen-bond donors (Lipinski definition) is 3. The van der Waals surface area contributed by atoms with Crippen LogP contribution in [-0.4, -0.2) is 37.5 Å². The number of ketones is 1. The molecular formula is C33H29ClN2O4. The van der Waals surface area contributed by atoms with Crippen molar-refractivity contribution in [2.75, 3.05) is 0 Å². The van der Waals surface area contributed by atoms with Crippen LogP contribution in [0.25, 0.3) is 33.5 Å². The van der Waals surface area contributed by atoms with Crippen molar-refractivity contribution in [1.29, 1.82) is 0 Å². The fraction of sp³-hybridized carbons (Fsp3) is 0.182. The summed E-state index contributed by atoms with van der Waals surface area (Å²) in [5, 5.41) is 21.1. The molecule has 5 rings (SSSR count). The molecule has 40 heavy (non-hydrogen) atoms. The van der Waals surface area contributed by atoms with Crippen LogP contribution in [0.2, 0.25) is 5.02 Å². The van der Waals surface area contributed by atoms with E-state index < -0.39 is 11.6 Å². The summed E-state index contributed by atoms with van der Waals surface area (Å²) < 4.78 is 0. The van der Waals surface area contributed by atoms with Gasteiger partial charge in [0.05, 0.1) is 22.2 Å². The zero-order valence-corrected chi connectivity index (χ0v) is 22.9. The highest BCUT2D eigenvalue weighted by Gasteiger charge is 2.26. The maximum atomic E-state index is 13.5. The van der Waals surface area contributed by atoms with Gasteiger partial charge >= 0.3 is 5.97 Å². The molecule has 0 saturated heterocycles. The number of imidazole rings is 1. The Hall–Kier alpha value is -4.26. The third-order valence-electron chi connectivity index (χ3n) is 6.95. The van der Waals surface area contributed by atoms with Crippen LogP contribution in [0.4, 0.5) is 0 Å². The molecule has 0 fully saturated rings. The quantitative estimate of drug-likeness (QED) is 0.162. The smallest absolute Gasteiger partial charge is 0.336 e. The Bertz CT molecular complexity index is 1670. The second-order valence-corrected chi connectivity index (χ2v) is 11.0. The number of benzene rings is 4. The number of aromatic nitrogens is 2. The Labute approximate surface area is 237 Å². The first kappa shape index (κ1) is 27.3. The number of para-hydroxylation sites is 2. The maximum Gasteiger partial charge on any atom is 0.336 e. The molecule has 0 saturated carbocycles. The van der Waals surface area contributed by atoms with Gasteiger partial charge in [-0.25, -0.2) is 9.78 Å². The molecule has 0 radical (unpaired) electrons. The number of aromatic amines is 1. The molecule has 3 N–H and O–H groups in total. The Kier molecular flexibility index (Phi) is 7.57. The molecule has 1 aromatic heterocycles. The highest BCUT2D eigenvalue weighted by atomic mass is 35.5. The lowest BCUT2D eigenvalue weighted by Gasteiger charge is -2.25. The summed E-state index contributed by atoms with van der Waals surface area (Å²) in [6.45, 7) is 3.43. The molecule has 0 spiro atoms. The fourth-order valence-electron chi connectivity index (χ4n) is 5.17. The number of rotatable bonds is 9. The van der Waals surface area contributed by atoms with Gasteiger partial charge in [0.15, 0.2) is 5.78 Å². The predicted octanol–water partition coefficient (Wildman–Crippen LogP) is 7.77. The molecule has 0 unspecified atom stereocenters. The van der Waals surface area contributed by atoms with Crippen molar-refractivity contribution in [2.24, 2.45) is 0 Å². The lowest BCUT2D eigenvalue weighted by atomic mass is 9.83. The molecule has 0 aliphatic rings. The number of carboxylic acids is 1. The first-order valence-corrected chi connectivity index (χ1v) is 13.4. The molecule has 0 aliphatic carbocycles. The van der Waals surface area contributed by atoms with Gasteiger partial charge in [-0.05, 0) is 61.6 Å². The largest absolute Gasteiger partial charge is 0.478 e. The molecule has 0 bridgehead atoms. The number of hydrogen-bond acceptors (Lipinski definition) is 4. The second kappa shape index (κ2) is 11.1. The molecule has 0 amide bonds. The van der Waals surface area contributed by atoms with Crippen molar-refractivity contribution in [3.8, 4) is 22.5 Å². The number of aliphatic hydroxyl groups is 1. The zero-order chi connectivity index (χ0) is 28.4. The van der Waals surface area contributed by atoms with Gasteiger partial charge in [-0.1, -0.05) is 78.3 Å². The Morgan fingerprint density at radius 2 is 1.65 bits per heavy atom. The van der Waals surface area contributed by atoms with Gasteiger partial charge < -0.3 is 15.2 Å². The highest BCUT2D eigenvalue weighted by molar-refractivity contribution is 6.34. The Morgan fingerprint density at radius 1 is 0.925 bits per heavy atom. The molecule has 5 aromatic rings. The van der Waals surface area contributed by atoms with E-state index in [1.165, 1.54) is 6.07 Å². The van der Waals surface area contributed by atoms with Crippen molar-refractivity contribution in [3.05, 3.63) is 113 Å². The van der Waals surface area contributed by atoms with Crippen molar-refractivity contribution in [2.45, 2.75) is 38.2 Å². The van der Waals surface area contributed by atoms with Gasteiger partial charge in [-0.2, -0.15) is 0 Å². The number of H-pyrrole nitrogens is 1. The molecule has 1 heterocycles. The SMILES string of the molecule is CC(C)(O)C[C@@H](CC(=O)c1ccc(-c2c(Cl)cccc2-c2nc3ccccc3[nH]2)c(C(=O)O)c1)c1ccccc1. The molecule has 0 aliphatic heterocycles. The molecule has 202 valence electrons. The summed E-state index contributed by atoms with van der Waals surface area (Å²) in [7, 11) is 0. The molecule has 6 nitrogen and oxygen atoms in total. The first-order chi connectivity index (χ1) is 19.1. The van der Waals surface area contributed by atoms with E-state index in [2.05, 4.69) is 9.97 Å². The van der Waals surface area contributed by atoms with E-state index >= 15 is 0 Å². The Balaban J connectivity index is 1.54. The van der Waals surface area contributed by atoms with Gasteiger partial charge in [0.1, 0.15) is 5.82 Å².